The van der Waals surface area contributed by atoms with Crippen LogP contribution in [0.3, 0.4) is 0 Å². The van der Waals surface area contributed by atoms with Gasteiger partial charge >= 0.3 is 0 Å². The Bertz CT molecular complexity index is 1090. The Morgan fingerprint density at radius 3 is 2.73 bits per heavy atom. The van der Waals surface area contributed by atoms with Crippen molar-refractivity contribution in [3.05, 3.63) is 60.2 Å². The largest absolute Gasteiger partial charge is 0.320 e. The fraction of sp³-hybridized carbons (Fsp3) is 0.167. The lowest BCUT2D eigenvalue weighted by atomic mass is 10.1. The molecular weight excluding hydrogens is 343 g/mol. The summed E-state index contributed by atoms with van der Waals surface area (Å²) in [6.45, 7) is 1.24. The Morgan fingerprint density at radius 1 is 1.15 bits per heavy atom. The summed E-state index contributed by atoms with van der Waals surface area (Å²) < 4.78 is 42.8. The second kappa shape index (κ2) is 6.29. The number of aromatic nitrogens is 4. The van der Waals surface area contributed by atoms with Crippen molar-refractivity contribution in [1.29, 1.82) is 0 Å². The maximum atomic E-state index is 14.7. The first kappa shape index (κ1) is 16.3. The molecule has 0 radical (unpaired) electrons. The number of anilines is 2. The van der Waals surface area contributed by atoms with Gasteiger partial charge in [-0.1, -0.05) is 18.2 Å². The number of halogens is 3. The zero-order valence-electron chi connectivity index (χ0n) is 13.8. The number of rotatable bonds is 4. The molecule has 0 saturated carbocycles. The van der Waals surface area contributed by atoms with E-state index in [9.17, 15) is 13.2 Å². The monoisotopic (exact) mass is 357 g/mol. The molecule has 0 aliphatic rings. The molecule has 2 aromatic heterocycles. The summed E-state index contributed by atoms with van der Waals surface area (Å²) in [5, 5.41) is 7.83. The van der Waals surface area contributed by atoms with Crippen LogP contribution in [-0.4, -0.2) is 32.6 Å². The molecule has 8 heteroatoms. The minimum atomic E-state index is -2.63. The summed E-state index contributed by atoms with van der Waals surface area (Å²) in [6.07, 6.45) is -1.22. The highest BCUT2D eigenvalue weighted by molar-refractivity contribution is 5.94. The minimum Gasteiger partial charge on any atom is -0.320 e. The van der Waals surface area contributed by atoms with Crippen molar-refractivity contribution in [2.75, 3.05) is 11.4 Å². The van der Waals surface area contributed by atoms with Crippen LogP contribution in [0.5, 0.6) is 0 Å². The Hall–Kier alpha value is -3.16. The quantitative estimate of drug-likeness (QED) is 0.551. The normalized spacial score (nSPS) is 11.6. The van der Waals surface area contributed by atoms with E-state index in [2.05, 4.69) is 15.2 Å². The van der Waals surface area contributed by atoms with E-state index in [0.29, 0.717) is 11.2 Å². The van der Waals surface area contributed by atoms with E-state index in [-0.39, 0.29) is 17.0 Å². The van der Waals surface area contributed by atoms with Crippen LogP contribution >= 0.6 is 0 Å². The van der Waals surface area contributed by atoms with Gasteiger partial charge in [-0.2, -0.15) is 4.98 Å². The second-order valence-electron chi connectivity index (χ2n) is 5.91. The van der Waals surface area contributed by atoms with Gasteiger partial charge in [0.1, 0.15) is 18.0 Å². The van der Waals surface area contributed by atoms with Crippen molar-refractivity contribution >= 4 is 28.2 Å². The highest BCUT2D eigenvalue weighted by Gasteiger charge is 2.22. The summed E-state index contributed by atoms with van der Waals surface area (Å²) >= 11 is 0. The van der Waals surface area contributed by atoms with Crippen LogP contribution in [0.2, 0.25) is 0 Å². The van der Waals surface area contributed by atoms with Crippen molar-refractivity contribution in [2.45, 2.75) is 13.3 Å². The molecule has 0 amide bonds. The van der Waals surface area contributed by atoms with Crippen molar-refractivity contribution in [3.63, 3.8) is 0 Å². The zero-order valence-corrected chi connectivity index (χ0v) is 13.8. The number of alkyl halides is 2. The second-order valence-corrected chi connectivity index (χ2v) is 5.91. The van der Waals surface area contributed by atoms with Gasteiger partial charge in [-0.05, 0) is 36.8 Å². The molecule has 4 aromatic rings. The van der Waals surface area contributed by atoms with Gasteiger partial charge < -0.3 is 4.90 Å². The molecule has 0 saturated heterocycles. The van der Waals surface area contributed by atoms with E-state index >= 15 is 0 Å². The fourth-order valence-corrected chi connectivity index (χ4v) is 3.00. The van der Waals surface area contributed by atoms with Crippen molar-refractivity contribution in [3.8, 4) is 0 Å². The Labute approximate surface area is 146 Å². The molecule has 5 nitrogen and oxygen atoms in total. The SMILES string of the molecule is Cc1cccc(N(CC(F)F)c2nc3nncn3c3cccc(F)c23)c1. The first-order valence-electron chi connectivity index (χ1n) is 7.95. The molecule has 0 fully saturated rings. The van der Waals surface area contributed by atoms with E-state index in [0.717, 1.165) is 5.56 Å². The van der Waals surface area contributed by atoms with E-state index in [1.165, 1.54) is 21.7 Å². The van der Waals surface area contributed by atoms with Crippen molar-refractivity contribution in [1.82, 2.24) is 19.6 Å². The number of benzene rings is 2. The number of aryl methyl sites for hydroxylation is 1. The smallest absolute Gasteiger partial charge is 0.257 e. The van der Waals surface area contributed by atoms with Gasteiger partial charge in [0.15, 0.2) is 0 Å². The molecule has 0 spiro atoms. The molecule has 26 heavy (non-hydrogen) atoms. The number of hydrogen-bond donors (Lipinski definition) is 0. The third-order valence-electron chi connectivity index (χ3n) is 4.10. The van der Waals surface area contributed by atoms with E-state index < -0.39 is 18.8 Å². The van der Waals surface area contributed by atoms with Crippen LogP contribution < -0.4 is 4.90 Å². The van der Waals surface area contributed by atoms with Gasteiger partial charge in [-0.25, -0.2) is 13.2 Å². The molecule has 0 N–H and O–H groups in total. The fourth-order valence-electron chi connectivity index (χ4n) is 3.00. The Balaban J connectivity index is 2.04. The van der Waals surface area contributed by atoms with Gasteiger partial charge in [0.2, 0.25) is 0 Å². The zero-order chi connectivity index (χ0) is 18.3. The highest BCUT2D eigenvalue weighted by atomic mass is 19.3. The van der Waals surface area contributed by atoms with E-state index in [4.69, 9.17) is 0 Å². The topological polar surface area (TPSA) is 46.3 Å². The number of fused-ring (bicyclic) bond motifs is 3. The van der Waals surface area contributed by atoms with Crippen LogP contribution in [0.15, 0.2) is 48.8 Å². The van der Waals surface area contributed by atoms with Crippen molar-refractivity contribution in [2.24, 2.45) is 0 Å². The van der Waals surface area contributed by atoms with Crippen LogP contribution in [-0.2, 0) is 0 Å². The first-order valence-corrected chi connectivity index (χ1v) is 7.95. The molecule has 0 unspecified atom stereocenters. The molecule has 2 heterocycles. The van der Waals surface area contributed by atoms with Gasteiger partial charge in [0, 0.05) is 5.69 Å². The molecule has 2 aromatic carbocycles. The van der Waals surface area contributed by atoms with Crippen LogP contribution in [0.4, 0.5) is 24.7 Å². The lowest BCUT2D eigenvalue weighted by molar-refractivity contribution is 0.158. The molecule has 0 aliphatic heterocycles. The molecule has 4 rings (SSSR count). The maximum absolute atomic E-state index is 14.7. The van der Waals surface area contributed by atoms with E-state index in [1.807, 2.05) is 13.0 Å². The first-order chi connectivity index (χ1) is 12.5. The van der Waals surface area contributed by atoms with Gasteiger partial charge in [0.05, 0.1) is 17.4 Å². The van der Waals surface area contributed by atoms with Crippen LogP contribution in [0.25, 0.3) is 16.7 Å². The molecular formula is C18H14F3N5. The summed E-state index contributed by atoms with van der Waals surface area (Å²) in [5.41, 5.74) is 1.86. The molecule has 0 bridgehead atoms. The molecule has 0 aliphatic carbocycles. The predicted octanol–water partition coefficient (Wildman–Crippen LogP) is 4.13. The third-order valence-corrected chi connectivity index (χ3v) is 4.10. The highest BCUT2D eigenvalue weighted by Crippen LogP contribution is 2.33. The van der Waals surface area contributed by atoms with Gasteiger partial charge in [-0.15, -0.1) is 10.2 Å². The predicted molar refractivity (Wildman–Crippen MR) is 92.4 cm³/mol. The minimum absolute atomic E-state index is 0.0875. The third kappa shape index (κ3) is 2.73. The lowest BCUT2D eigenvalue weighted by Crippen LogP contribution is -2.25. The lowest BCUT2D eigenvalue weighted by Gasteiger charge is -2.25. The summed E-state index contributed by atoms with van der Waals surface area (Å²) in [5.74, 6) is -0.248. The standard InChI is InChI=1S/C18H14F3N5/c1-11-4-2-5-12(8-11)25(9-15(20)21)17-16-13(19)6-3-7-14(16)26-10-22-24-18(26)23-17/h2-8,10,15H,9H2,1H3. The summed E-state index contributed by atoms with van der Waals surface area (Å²) in [6, 6.07) is 11.6. The summed E-state index contributed by atoms with van der Waals surface area (Å²) in [4.78, 5) is 5.64. The number of nitrogens with zero attached hydrogens (tertiary/aromatic N) is 5. The van der Waals surface area contributed by atoms with Crippen LogP contribution in [0, 0.1) is 12.7 Å². The van der Waals surface area contributed by atoms with Gasteiger partial charge in [0.25, 0.3) is 12.2 Å². The Kier molecular flexibility index (Phi) is 3.95. The molecule has 132 valence electrons. The van der Waals surface area contributed by atoms with Gasteiger partial charge in [-0.3, -0.25) is 4.40 Å². The van der Waals surface area contributed by atoms with Crippen molar-refractivity contribution < 1.29 is 13.2 Å². The summed E-state index contributed by atoms with van der Waals surface area (Å²) in [7, 11) is 0. The Morgan fingerprint density at radius 2 is 1.96 bits per heavy atom. The average molecular weight is 357 g/mol. The van der Waals surface area contributed by atoms with Crippen LogP contribution in [0.1, 0.15) is 5.56 Å². The molecule has 0 atom stereocenters. The maximum Gasteiger partial charge on any atom is 0.257 e. The number of hydrogen-bond acceptors (Lipinski definition) is 4. The average Bonchev–Trinajstić information content (AvgIpc) is 3.08. The van der Waals surface area contributed by atoms with E-state index in [1.54, 1.807) is 30.3 Å².